The van der Waals surface area contributed by atoms with Gasteiger partial charge in [-0.25, -0.2) is 0 Å². The minimum atomic E-state index is 0.290. The van der Waals surface area contributed by atoms with E-state index in [1.807, 2.05) is 6.07 Å². The summed E-state index contributed by atoms with van der Waals surface area (Å²) in [5.74, 6) is 1.51. The lowest BCUT2D eigenvalue weighted by Gasteiger charge is -2.29. The first-order valence-electron chi connectivity index (χ1n) is 7.29. The fraction of sp³-hybridized carbons (Fsp3) is 0.444. The molecule has 0 amide bonds. The maximum Gasteiger partial charge on any atom is 0.116 e. The van der Waals surface area contributed by atoms with Gasteiger partial charge in [-0.3, -0.25) is 0 Å². The fourth-order valence-corrected chi connectivity index (χ4v) is 2.95. The Morgan fingerprint density at radius 3 is 2.40 bits per heavy atom. The van der Waals surface area contributed by atoms with Gasteiger partial charge in [-0.2, -0.15) is 0 Å². The van der Waals surface area contributed by atoms with Crippen LogP contribution in [0.2, 0.25) is 0 Å². The van der Waals surface area contributed by atoms with Gasteiger partial charge in [0.15, 0.2) is 0 Å². The molecule has 0 radical (unpaired) electrons. The monoisotopic (exact) mass is 272 g/mol. The first-order valence-corrected chi connectivity index (χ1v) is 7.29. The molecular weight excluding hydrogens is 248 g/mol. The van der Waals surface area contributed by atoms with Gasteiger partial charge >= 0.3 is 0 Å². The summed E-state index contributed by atoms with van der Waals surface area (Å²) in [5.41, 5.74) is 5.12. The summed E-state index contributed by atoms with van der Waals surface area (Å²) < 4.78 is 0. The molecule has 0 aromatic carbocycles. The van der Waals surface area contributed by atoms with Gasteiger partial charge in [-0.1, -0.05) is 23.8 Å². The predicted octanol–water partition coefficient (Wildman–Crippen LogP) is 4.29. The molecule has 3 aliphatic carbocycles. The number of benzene rings is 1. The molecule has 108 valence electrons. The number of hydrogen-bond donors (Lipinski definition) is 2. The second kappa shape index (κ2) is 6.27. The van der Waals surface area contributed by atoms with Gasteiger partial charge in [-0.15, -0.1) is 0 Å². The Morgan fingerprint density at radius 1 is 1.30 bits per heavy atom. The number of fused-ring (bicyclic) bond motifs is 1. The van der Waals surface area contributed by atoms with E-state index in [9.17, 15) is 0 Å². The van der Waals surface area contributed by atoms with E-state index in [0.29, 0.717) is 17.6 Å². The van der Waals surface area contributed by atoms with Crippen LogP contribution in [0.25, 0.3) is 11.1 Å². The Morgan fingerprint density at radius 2 is 1.95 bits per heavy atom. The normalized spacial score (nSPS) is 22.4. The van der Waals surface area contributed by atoms with Gasteiger partial charge < -0.3 is 10.2 Å². The third-order valence-electron chi connectivity index (χ3n) is 4.13. The Labute approximate surface area is 121 Å². The van der Waals surface area contributed by atoms with Crippen LogP contribution < -0.4 is 0 Å². The highest BCUT2D eigenvalue weighted by Crippen LogP contribution is 2.38. The van der Waals surface area contributed by atoms with Gasteiger partial charge in [0.05, 0.1) is 0 Å². The maximum atomic E-state index is 8.95. The summed E-state index contributed by atoms with van der Waals surface area (Å²) in [6, 6.07) is 5.55. The zero-order valence-electron chi connectivity index (χ0n) is 12.4. The van der Waals surface area contributed by atoms with Crippen molar-refractivity contribution in [1.82, 2.24) is 0 Å². The van der Waals surface area contributed by atoms with Crippen LogP contribution in [-0.2, 0) is 0 Å². The number of rotatable bonds is 3. The molecular formula is C18H24O2. The fourth-order valence-electron chi connectivity index (χ4n) is 2.95. The second-order valence-corrected chi connectivity index (χ2v) is 5.95. The average molecular weight is 272 g/mol. The molecule has 0 spiro atoms. The first kappa shape index (κ1) is 14.9. The van der Waals surface area contributed by atoms with E-state index in [4.69, 9.17) is 10.2 Å². The summed E-state index contributed by atoms with van der Waals surface area (Å²) in [6.07, 6.45) is 5.61. The number of aliphatic hydroxyl groups is 1. The zero-order valence-corrected chi connectivity index (χ0v) is 12.4. The number of aliphatic hydroxyl groups excluding tert-OH is 1. The Kier molecular flexibility index (Phi) is 4.66. The van der Waals surface area contributed by atoms with E-state index in [-0.39, 0.29) is 6.61 Å². The third kappa shape index (κ3) is 3.73. The SMILES string of the molecule is C=C(C)[C@H]1CCC(C)=C[C@@H]1CCO.Oc1cc2cc-2c1. The summed E-state index contributed by atoms with van der Waals surface area (Å²) >= 11 is 0. The minimum absolute atomic E-state index is 0.290. The van der Waals surface area contributed by atoms with Crippen LogP contribution in [0.4, 0.5) is 0 Å². The van der Waals surface area contributed by atoms with Crippen molar-refractivity contribution in [1.29, 1.82) is 0 Å². The quantitative estimate of drug-likeness (QED) is 0.818. The highest BCUT2D eigenvalue weighted by Gasteiger charge is 2.23. The van der Waals surface area contributed by atoms with Crippen molar-refractivity contribution in [2.45, 2.75) is 33.1 Å². The minimum Gasteiger partial charge on any atom is -0.508 e. The van der Waals surface area contributed by atoms with Crippen molar-refractivity contribution < 1.29 is 10.2 Å². The molecule has 20 heavy (non-hydrogen) atoms. The van der Waals surface area contributed by atoms with Crippen LogP contribution in [0, 0.1) is 11.8 Å². The molecule has 0 aromatic rings. The topological polar surface area (TPSA) is 40.5 Å². The van der Waals surface area contributed by atoms with E-state index < -0.39 is 0 Å². The van der Waals surface area contributed by atoms with Crippen LogP contribution in [0.3, 0.4) is 0 Å². The van der Waals surface area contributed by atoms with Crippen molar-refractivity contribution >= 4 is 0 Å². The lowest BCUT2D eigenvalue weighted by atomic mass is 9.76. The Hall–Kier alpha value is -1.54. The van der Waals surface area contributed by atoms with E-state index in [0.717, 1.165) is 6.42 Å². The van der Waals surface area contributed by atoms with E-state index in [1.54, 1.807) is 12.1 Å². The van der Waals surface area contributed by atoms with Crippen molar-refractivity contribution in [3.8, 4) is 16.9 Å². The first-order chi connectivity index (χ1) is 9.51. The van der Waals surface area contributed by atoms with Crippen molar-refractivity contribution in [2.24, 2.45) is 11.8 Å². The van der Waals surface area contributed by atoms with E-state index in [2.05, 4.69) is 26.5 Å². The van der Waals surface area contributed by atoms with Crippen LogP contribution >= 0.6 is 0 Å². The van der Waals surface area contributed by atoms with Gasteiger partial charge in [0.2, 0.25) is 0 Å². The second-order valence-electron chi connectivity index (χ2n) is 5.95. The summed E-state index contributed by atoms with van der Waals surface area (Å²) in [6.45, 7) is 8.60. The Bertz CT molecular complexity index is 508. The van der Waals surface area contributed by atoms with Gasteiger partial charge in [0.25, 0.3) is 0 Å². The van der Waals surface area contributed by atoms with Crippen molar-refractivity contribution in [2.75, 3.05) is 6.61 Å². The lowest BCUT2D eigenvalue weighted by molar-refractivity contribution is 0.244. The molecule has 3 rings (SSSR count). The molecule has 0 unspecified atom stereocenters. The molecule has 2 N–H and O–H groups in total. The van der Waals surface area contributed by atoms with Gasteiger partial charge in [0.1, 0.15) is 5.75 Å². The summed E-state index contributed by atoms with van der Waals surface area (Å²) in [4.78, 5) is 0. The highest BCUT2D eigenvalue weighted by atomic mass is 16.3. The Balaban J connectivity index is 0.000000173. The highest BCUT2D eigenvalue weighted by molar-refractivity contribution is 5.83. The van der Waals surface area contributed by atoms with Crippen LogP contribution in [-0.4, -0.2) is 16.8 Å². The smallest absolute Gasteiger partial charge is 0.116 e. The molecule has 0 saturated heterocycles. The molecule has 2 nitrogen and oxygen atoms in total. The number of phenolic OH excluding ortho intramolecular Hbond substituents is 1. The molecule has 0 bridgehead atoms. The summed E-state index contributed by atoms with van der Waals surface area (Å²) in [5, 5.41) is 17.6. The molecule has 0 heterocycles. The van der Waals surface area contributed by atoms with Gasteiger partial charge in [0, 0.05) is 6.61 Å². The third-order valence-corrected chi connectivity index (χ3v) is 4.13. The molecule has 3 aliphatic rings. The predicted molar refractivity (Wildman–Crippen MR) is 83.6 cm³/mol. The lowest BCUT2D eigenvalue weighted by Crippen LogP contribution is -2.19. The number of phenols is 1. The largest absolute Gasteiger partial charge is 0.508 e. The van der Waals surface area contributed by atoms with Crippen molar-refractivity contribution in [3.63, 3.8) is 0 Å². The zero-order chi connectivity index (χ0) is 14.7. The van der Waals surface area contributed by atoms with Crippen molar-refractivity contribution in [3.05, 3.63) is 42.0 Å². The molecule has 0 aromatic heterocycles. The molecule has 0 fully saturated rings. The molecule has 0 aliphatic heterocycles. The van der Waals surface area contributed by atoms with Crippen LogP contribution in [0.1, 0.15) is 33.1 Å². The molecule has 2 atom stereocenters. The summed E-state index contributed by atoms with van der Waals surface area (Å²) in [7, 11) is 0. The molecule has 0 saturated carbocycles. The standard InChI is InChI=1S/C12H20O.C6H4O/c1-9(2)12-5-4-10(3)8-11(12)6-7-13;7-6-2-4-1-5(4)3-6/h8,11-13H,1,4-7H2,2-3H3;1-3,7H/t11-,12+;/m0./s1. The number of hydrogen-bond acceptors (Lipinski definition) is 2. The maximum absolute atomic E-state index is 8.95. The van der Waals surface area contributed by atoms with Crippen LogP contribution in [0.5, 0.6) is 5.75 Å². The average Bonchev–Trinajstić information content (AvgIpc) is 2.98. The van der Waals surface area contributed by atoms with Gasteiger partial charge in [-0.05, 0) is 74.3 Å². The number of aromatic hydroxyl groups is 1. The van der Waals surface area contributed by atoms with E-state index in [1.165, 1.54) is 35.1 Å². The molecule has 2 heteroatoms. The van der Waals surface area contributed by atoms with Crippen LogP contribution in [0.15, 0.2) is 42.0 Å². The van der Waals surface area contributed by atoms with E-state index >= 15 is 0 Å². The number of allylic oxidation sites excluding steroid dienone is 3.